The van der Waals surface area contributed by atoms with Crippen molar-refractivity contribution in [1.29, 1.82) is 0 Å². The molecule has 1 nitrogen and oxygen atoms in total. The van der Waals surface area contributed by atoms with Crippen molar-refractivity contribution in [2.75, 3.05) is 0 Å². The number of hydrogen-bond donors (Lipinski definition) is 0. The third-order valence-corrected chi connectivity index (χ3v) is 1.49. The van der Waals surface area contributed by atoms with E-state index in [9.17, 15) is 0 Å². The minimum absolute atomic E-state index is 0.620. The quantitative estimate of drug-likeness (QED) is 0.561. The Balaban J connectivity index is 0.000000461. The van der Waals surface area contributed by atoms with Crippen molar-refractivity contribution < 1.29 is 4.74 Å². The zero-order chi connectivity index (χ0) is 8.69. The van der Waals surface area contributed by atoms with Crippen LogP contribution >= 0.6 is 0 Å². The van der Waals surface area contributed by atoms with Crippen LogP contribution in [0.5, 0.6) is 0 Å². The first-order chi connectivity index (χ1) is 5.30. The van der Waals surface area contributed by atoms with E-state index in [1.807, 2.05) is 26.2 Å². The van der Waals surface area contributed by atoms with Crippen LogP contribution in [0.1, 0.15) is 34.1 Å². The van der Waals surface area contributed by atoms with Crippen LogP contribution in [0, 0.1) is 5.92 Å². The molecule has 0 bridgehead atoms. The normalized spacial score (nSPS) is 14.8. The highest BCUT2D eigenvalue weighted by Gasteiger charge is 2.03. The second-order valence-corrected chi connectivity index (χ2v) is 2.56. The van der Waals surface area contributed by atoms with E-state index in [4.69, 9.17) is 4.74 Å². The summed E-state index contributed by atoms with van der Waals surface area (Å²) in [4.78, 5) is 0. The molecular formula is C10H18O. The molecule has 0 aromatic heterocycles. The van der Waals surface area contributed by atoms with Crippen molar-refractivity contribution in [3.8, 4) is 0 Å². The monoisotopic (exact) mass is 154 g/mol. The van der Waals surface area contributed by atoms with Gasteiger partial charge in [-0.1, -0.05) is 27.7 Å². The molecule has 0 aromatic rings. The maximum atomic E-state index is 5.00. The molecule has 0 aromatic carbocycles. The molecule has 1 aliphatic heterocycles. The Morgan fingerprint density at radius 3 is 2.27 bits per heavy atom. The lowest BCUT2D eigenvalue weighted by molar-refractivity contribution is 0.380. The maximum Gasteiger partial charge on any atom is 0.0898 e. The fourth-order valence-electron chi connectivity index (χ4n) is 0.786. The molecule has 0 aliphatic carbocycles. The molecule has 0 atom stereocenters. The molecule has 0 fully saturated rings. The Morgan fingerprint density at radius 1 is 1.36 bits per heavy atom. The first-order valence-electron chi connectivity index (χ1n) is 4.30. The maximum absolute atomic E-state index is 5.00. The first kappa shape index (κ1) is 10.3. The standard InChI is InChI=1S/C8H12O.C2H6/c1-7(2)8-4-3-5-9-6-8;1-2/h3,5-7H,4H2,1-2H3;1-2H3. The fraction of sp³-hybridized carbons (Fsp3) is 0.600. The second kappa shape index (κ2) is 6.02. The minimum Gasteiger partial charge on any atom is -0.473 e. The summed E-state index contributed by atoms with van der Waals surface area (Å²) >= 11 is 0. The molecule has 0 N–H and O–H groups in total. The van der Waals surface area contributed by atoms with Gasteiger partial charge in [0.25, 0.3) is 0 Å². The summed E-state index contributed by atoms with van der Waals surface area (Å²) in [5, 5.41) is 0. The summed E-state index contributed by atoms with van der Waals surface area (Å²) in [5.74, 6) is 0.620. The van der Waals surface area contributed by atoms with E-state index in [-0.39, 0.29) is 0 Å². The molecule has 0 unspecified atom stereocenters. The number of allylic oxidation sites excluding steroid dienone is 2. The fourth-order valence-corrected chi connectivity index (χ4v) is 0.786. The zero-order valence-electron chi connectivity index (χ0n) is 7.92. The Hall–Kier alpha value is -0.720. The number of hydrogen-bond acceptors (Lipinski definition) is 1. The second-order valence-electron chi connectivity index (χ2n) is 2.56. The van der Waals surface area contributed by atoms with Crippen LogP contribution in [0.15, 0.2) is 24.2 Å². The van der Waals surface area contributed by atoms with Crippen molar-refractivity contribution in [2.45, 2.75) is 34.1 Å². The molecule has 1 heteroatoms. The van der Waals surface area contributed by atoms with Crippen LogP contribution < -0.4 is 0 Å². The highest BCUT2D eigenvalue weighted by molar-refractivity contribution is 5.09. The minimum atomic E-state index is 0.620. The first-order valence-corrected chi connectivity index (χ1v) is 4.30. The molecule has 0 radical (unpaired) electrons. The van der Waals surface area contributed by atoms with Gasteiger partial charge in [-0.2, -0.15) is 0 Å². The predicted octanol–water partition coefficient (Wildman–Crippen LogP) is 3.49. The predicted molar refractivity (Wildman–Crippen MR) is 49.1 cm³/mol. The highest BCUT2D eigenvalue weighted by Crippen LogP contribution is 2.17. The van der Waals surface area contributed by atoms with Gasteiger partial charge in [0, 0.05) is 0 Å². The summed E-state index contributed by atoms with van der Waals surface area (Å²) in [7, 11) is 0. The van der Waals surface area contributed by atoms with E-state index in [2.05, 4.69) is 13.8 Å². The summed E-state index contributed by atoms with van der Waals surface area (Å²) in [6.07, 6.45) is 6.66. The third-order valence-electron chi connectivity index (χ3n) is 1.49. The van der Waals surface area contributed by atoms with Gasteiger partial charge in [0.2, 0.25) is 0 Å². The summed E-state index contributed by atoms with van der Waals surface area (Å²) < 4.78 is 5.00. The van der Waals surface area contributed by atoms with Crippen molar-refractivity contribution in [3.05, 3.63) is 24.2 Å². The van der Waals surface area contributed by atoms with E-state index in [0.717, 1.165) is 6.42 Å². The third kappa shape index (κ3) is 3.87. The molecule has 1 aliphatic rings. The van der Waals surface area contributed by atoms with Gasteiger partial charge < -0.3 is 4.74 Å². The molecule has 11 heavy (non-hydrogen) atoms. The van der Waals surface area contributed by atoms with Crippen molar-refractivity contribution >= 4 is 0 Å². The van der Waals surface area contributed by atoms with Gasteiger partial charge in [0.05, 0.1) is 12.5 Å². The largest absolute Gasteiger partial charge is 0.473 e. The van der Waals surface area contributed by atoms with Gasteiger partial charge in [-0.15, -0.1) is 0 Å². The van der Waals surface area contributed by atoms with Gasteiger partial charge in [0.15, 0.2) is 0 Å². The molecule has 0 spiro atoms. The van der Waals surface area contributed by atoms with Gasteiger partial charge in [-0.3, -0.25) is 0 Å². The van der Waals surface area contributed by atoms with Crippen LogP contribution in [0.2, 0.25) is 0 Å². The smallest absolute Gasteiger partial charge is 0.0898 e. The van der Waals surface area contributed by atoms with E-state index in [0.29, 0.717) is 5.92 Å². The average Bonchev–Trinajstić information content (AvgIpc) is 2.10. The summed E-state index contributed by atoms with van der Waals surface area (Å²) in [5.41, 5.74) is 1.37. The topological polar surface area (TPSA) is 9.23 Å². The lowest BCUT2D eigenvalue weighted by Gasteiger charge is -2.10. The van der Waals surface area contributed by atoms with E-state index in [1.165, 1.54) is 5.57 Å². The number of ether oxygens (including phenoxy) is 1. The van der Waals surface area contributed by atoms with Gasteiger partial charge in [0.1, 0.15) is 0 Å². The van der Waals surface area contributed by atoms with Crippen LogP contribution in [0.4, 0.5) is 0 Å². The van der Waals surface area contributed by atoms with Crippen molar-refractivity contribution in [2.24, 2.45) is 5.92 Å². The van der Waals surface area contributed by atoms with Crippen molar-refractivity contribution in [1.82, 2.24) is 0 Å². The van der Waals surface area contributed by atoms with E-state index >= 15 is 0 Å². The molecule has 0 saturated carbocycles. The van der Waals surface area contributed by atoms with Crippen LogP contribution in [-0.2, 0) is 4.74 Å². The Morgan fingerprint density at radius 2 is 2.00 bits per heavy atom. The van der Waals surface area contributed by atoms with E-state index < -0.39 is 0 Å². The SMILES string of the molecule is CC.CC(C)C1=COC=CC1. The van der Waals surface area contributed by atoms with Crippen LogP contribution in [0.25, 0.3) is 0 Å². The van der Waals surface area contributed by atoms with Crippen LogP contribution in [0.3, 0.4) is 0 Å². The highest BCUT2D eigenvalue weighted by atomic mass is 16.5. The lowest BCUT2D eigenvalue weighted by atomic mass is 10.0. The zero-order valence-corrected chi connectivity index (χ0v) is 7.92. The molecular weight excluding hydrogens is 136 g/mol. The van der Waals surface area contributed by atoms with Gasteiger partial charge in [-0.25, -0.2) is 0 Å². The molecule has 1 heterocycles. The van der Waals surface area contributed by atoms with E-state index in [1.54, 1.807) is 6.26 Å². The average molecular weight is 154 g/mol. The Labute approximate surface area is 69.8 Å². The van der Waals surface area contributed by atoms with Crippen LogP contribution in [-0.4, -0.2) is 0 Å². The number of rotatable bonds is 1. The van der Waals surface area contributed by atoms with Gasteiger partial charge >= 0.3 is 0 Å². The summed E-state index contributed by atoms with van der Waals surface area (Å²) in [6.45, 7) is 8.35. The Kier molecular flexibility index (Phi) is 5.63. The lowest BCUT2D eigenvalue weighted by Crippen LogP contribution is -1.95. The molecule has 64 valence electrons. The van der Waals surface area contributed by atoms with Crippen molar-refractivity contribution in [3.63, 3.8) is 0 Å². The molecule has 1 rings (SSSR count). The van der Waals surface area contributed by atoms with Gasteiger partial charge in [-0.05, 0) is 24.0 Å². The summed E-state index contributed by atoms with van der Waals surface area (Å²) in [6, 6.07) is 0. The molecule has 0 saturated heterocycles. The molecule has 0 amide bonds. The Bertz CT molecular complexity index is 143.